The van der Waals surface area contributed by atoms with Gasteiger partial charge in [-0.2, -0.15) is 0 Å². The van der Waals surface area contributed by atoms with Crippen molar-refractivity contribution >= 4 is 39.9 Å². The van der Waals surface area contributed by atoms with E-state index in [1.54, 1.807) is 14.2 Å². The number of hydrogen-bond donors (Lipinski definition) is 0. The number of methoxy groups -OCH3 is 2. The van der Waals surface area contributed by atoms with Crippen LogP contribution in [0.4, 0.5) is 5.69 Å². The van der Waals surface area contributed by atoms with Gasteiger partial charge in [-0.15, -0.1) is 10.2 Å². The van der Waals surface area contributed by atoms with E-state index >= 15 is 0 Å². The molecule has 8 nitrogen and oxygen atoms in total. The molecule has 0 N–H and O–H groups in total. The van der Waals surface area contributed by atoms with E-state index in [1.165, 1.54) is 11.8 Å². The summed E-state index contributed by atoms with van der Waals surface area (Å²) >= 11 is 1.43. The Kier molecular flexibility index (Phi) is 6.19. The maximum atomic E-state index is 13.0. The number of nitrogens with zero attached hydrogens (tertiary/aromatic N) is 5. The van der Waals surface area contributed by atoms with Crippen LogP contribution < -0.4 is 14.4 Å². The molecule has 0 atom stereocenters. The topological polar surface area (TPSA) is 72.2 Å². The van der Waals surface area contributed by atoms with Crippen molar-refractivity contribution in [2.75, 3.05) is 51.1 Å². The van der Waals surface area contributed by atoms with Crippen molar-refractivity contribution < 1.29 is 14.3 Å². The molecule has 1 aliphatic heterocycles. The number of fused-ring (bicyclic) bond motifs is 3. The van der Waals surface area contributed by atoms with Gasteiger partial charge in [0.1, 0.15) is 11.5 Å². The highest BCUT2D eigenvalue weighted by molar-refractivity contribution is 7.99. The van der Waals surface area contributed by atoms with Crippen LogP contribution >= 0.6 is 11.8 Å². The molecule has 2 aromatic carbocycles. The molecule has 0 unspecified atom stereocenters. The summed E-state index contributed by atoms with van der Waals surface area (Å²) in [5, 5.41) is 10.6. The van der Waals surface area contributed by atoms with E-state index in [2.05, 4.69) is 33.3 Å². The fraction of sp³-hybridized carbons (Fsp3) is 0.320. The highest BCUT2D eigenvalue weighted by atomic mass is 32.2. The predicted molar refractivity (Wildman–Crippen MR) is 134 cm³/mol. The number of aromatic nitrogens is 3. The Hall–Kier alpha value is -3.46. The summed E-state index contributed by atoms with van der Waals surface area (Å²) in [7, 11) is 3.32. The molecule has 4 aromatic rings. The minimum Gasteiger partial charge on any atom is -0.497 e. The molecule has 1 fully saturated rings. The van der Waals surface area contributed by atoms with Crippen molar-refractivity contribution in [3.8, 4) is 11.5 Å². The lowest BCUT2D eigenvalue weighted by Crippen LogP contribution is -2.49. The largest absolute Gasteiger partial charge is 0.497 e. The van der Waals surface area contributed by atoms with Crippen LogP contribution in [-0.4, -0.2) is 71.6 Å². The van der Waals surface area contributed by atoms with Crippen LogP contribution in [0.15, 0.2) is 53.7 Å². The molecular formula is C25H27N5O3S. The molecule has 5 rings (SSSR count). The second-order valence-electron chi connectivity index (χ2n) is 8.25. The summed E-state index contributed by atoms with van der Waals surface area (Å²) in [5.74, 6) is 2.05. The third-order valence-electron chi connectivity index (χ3n) is 6.23. The number of hydrogen-bond acceptors (Lipinski definition) is 7. The van der Waals surface area contributed by atoms with E-state index in [9.17, 15) is 4.79 Å². The first kappa shape index (κ1) is 22.3. The molecule has 176 valence electrons. The van der Waals surface area contributed by atoms with Crippen LogP contribution in [0.1, 0.15) is 5.56 Å². The first-order valence-electron chi connectivity index (χ1n) is 11.2. The summed E-state index contributed by atoms with van der Waals surface area (Å²) in [6, 6.07) is 16.1. The highest BCUT2D eigenvalue weighted by Crippen LogP contribution is 2.28. The first-order chi connectivity index (χ1) is 16.6. The Morgan fingerprint density at radius 3 is 2.35 bits per heavy atom. The molecule has 0 saturated carbocycles. The first-order valence-corrected chi connectivity index (χ1v) is 12.2. The Morgan fingerprint density at radius 1 is 0.941 bits per heavy atom. The third-order valence-corrected chi connectivity index (χ3v) is 7.14. The number of amides is 1. The van der Waals surface area contributed by atoms with Gasteiger partial charge in [-0.25, -0.2) is 0 Å². The lowest BCUT2D eigenvalue weighted by Gasteiger charge is -2.36. The molecule has 1 aliphatic rings. The van der Waals surface area contributed by atoms with Crippen molar-refractivity contribution in [3.63, 3.8) is 0 Å². The normalized spacial score (nSPS) is 14.1. The molecule has 0 aliphatic carbocycles. The number of rotatable bonds is 6. The highest BCUT2D eigenvalue weighted by Gasteiger charge is 2.22. The van der Waals surface area contributed by atoms with E-state index < -0.39 is 0 Å². The molecule has 0 radical (unpaired) electrons. The smallest absolute Gasteiger partial charge is 0.233 e. The third kappa shape index (κ3) is 4.23. The van der Waals surface area contributed by atoms with Crippen molar-refractivity contribution in [1.82, 2.24) is 19.5 Å². The van der Waals surface area contributed by atoms with Gasteiger partial charge in [-0.3, -0.25) is 9.20 Å². The van der Waals surface area contributed by atoms with Crippen molar-refractivity contribution in [1.29, 1.82) is 0 Å². The Bertz CT molecular complexity index is 1330. The summed E-state index contributed by atoms with van der Waals surface area (Å²) in [4.78, 5) is 17.2. The number of carbonyl (C=O) groups excluding carboxylic acids is 1. The number of aryl methyl sites for hydroxylation is 1. The monoisotopic (exact) mass is 477 g/mol. The summed E-state index contributed by atoms with van der Waals surface area (Å²) < 4.78 is 12.7. The minimum atomic E-state index is 0.116. The number of benzene rings is 2. The SMILES string of the molecule is COc1ccc(N2CCN(C(=O)CSc3nnc4c(C)cc5ccc(OC)cc5n34)CC2)cc1. The van der Waals surface area contributed by atoms with Crippen molar-refractivity contribution in [2.24, 2.45) is 0 Å². The molecule has 1 amide bonds. The van der Waals surface area contributed by atoms with Crippen molar-refractivity contribution in [2.45, 2.75) is 12.1 Å². The van der Waals surface area contributed by atoms with Gasteiger partial charge in [0, 0.05) is 37.9 Å². The average molecular weight is 478 g/mol. The molecule has 2 aromatic heterocycles. The van der Waals surface area contributed by atoms with Crippen LogP contribution in [0.25, 0.3) is 16.6 Å². The number of anilines is 1. The van der Waals surface area contributed by atoms with Gasteiger partial charge in [-0.1, -0.05) is 11.8 Å². The quantitative estimate of drug-likeness (QED) is 0.393. The van der Waals surface area contributed by atoms with E-state index in [4.69, 9.17) is 9.47 Å². The number of carbonyl (C=O) groups is 1. The van der Waals surface area contributed by atoms with E-state index in [1.807, 2.05) is 46.6 Å². The van der Waals surface area contributed by atoms with Gasteiger partial charge in [0.05, 0.1) is 25.5 Å². The summed E-state index contributed by atoms with van der Waals surface area (Å²) in [5.41, 5.74) is 3.95. The average Bonchev–Trinajstić information content (AvgIpc) is 3.32. The zero-order valence-electron chi connectivity index (χ0n) is 19.5. The molecule has 34 heavy (non-hydrogen) atoms. The summed E-state index contributed by atoms with van der Waals surface area (Å²) in [6.45, 7) is 5.03. The van der Waals surface area contributed by atoms with Crippen LogP contribution in [0, 0.1) is 6.92 Å². The lowest BCUT2D eigenvalue weighted by atomic mass is 10.1. The summed E-state index contributed by atoms with van der Waals surface area (Å²) in [6.07, 6.45) is 0. The van der Waals surface area contributed by atoms with Crippen LogP contribution in [-0.2, 0) is 4.79 Å². The minimum absolute atomic E-state index is 0.116. The molecule has 1 saturated heterocycles. The molecule has 3 heterocycles. The predicted octanol–water partition coefficient (Wildman–Crippen LogP) is 3.65. The number of piperazine rings is 1. The van der Waals surface area contributed by atoms with Gasteiger partial charge < -0.3 is 19.3 Å². The Labute approximate surface area is 202 Å². The fourth-order valence-electron chi connectivity index (χ4n) is 4.32. The zero-order valence-corrected chi connectivity index (χ0v) is 20.3. The van der Waals surface area contributed by atoms with Crippen LogP contribution in [0.5, 0.6) is 11.5 Å². The number of pyridine rings is 1. The van der Waals surface area contributed by atoms with E-state index in [-0.39, 0.29) is 5.91 Å². The van der Waals surface area contributed by atoms with Crippen LogP contribution in [0.3, 0.4) is 0 Å². The van der Waals surface area contributed by atoms with E-state index in [0.29, 0.717) is 24.0 Å². The van der Waals surface area contributed by atoms with Gasteiger partial charge in [0.2, 0.25) is 5.91 Å². The molecular weight excluding hydrogens is 450 g/mol. The zero-order chi connectivity index (χ0) is 23.7. The maximum absolute atomic E-state index is 13.0. The maximum Gasteiger partial charge on any atom is 0.233 e. The van der Waals surface area contributed by atoms with Gasteiger partial charge in [0.15, 0.2) is 10.8 Å². The van der Waals surface area contributed by atoms with Gasteiger partial charge >= 0.3 is 0 Å². The molecule has 0 bridgehead atoms. The van der Waals surface area contributed by atoms with Crippen LogP contribution in [0.2, 0.25) is 0 Å². The Balaban J connectivity index is 1.27. The Morgan fingerprint density at radius 2 is 1.65 bits per heavy atom. The fourth-order valence-corrected chi connectivity index (χ4v) is 5.17. The second-order valence-corrected chi connectivity index (χ2v) is 9.19. The van der Waals surface area contributed by atoms with Gasteiger partial charge in [-0.05, 0) is 60.3 Å². The van der Waals surface area contributed by atoms with Gasteiger partial charge in [0.25, 0.3) is 0 Å². The van der Waals surface area contributed by atoms with E-state index in [0.717, 1.165) is 52.4 Å². The number of thioether (sulfide) groups is 1. The standard InChI is InChI=1S/C25H27N5O3S/c1-17-14-18-4-7-21(33-3)15-22(18)30-24(17)26-27-25(30)34-16-23(31)29-12-10-28(11-13-29)19-5-8-20(32-2)9-6-19/h4-9,14-15H,10-13,16H2,1-3H3. The lowest BCUT2D eigenvalue weighted by molar-refractivity contribution is -0.128. The number of ether oxygens (including phenoxy) is 2. The molecule has 9 heteroatoms. The second kappa shape index (κ2) is 9.42. The van der Waals surface area contributed by atoms with Crippen molar-refractivity contribution in [3.05, 3.63) is 54.1 Å². The molecule has 0 spiro atoms.